The number of phenols is 1. The average molecular weight is 258 g/mol. The third-order valence-electron chi connectivity index (χ3n) is 3.16. The quantitative estimate of drug-likeness (QED) is 0.874. The summed E-state index contributed by atoms with van der Waals surface area (Å²) < 4.78 is 70.6. The molecule has 0 saturated heterocycles. The predicted octanol–water partition coefficient (Wildman–Crippen LogP) is 2.33. The molecule has 1 saturated carbocycles. The maximum absolute atomic E-state index is 11.4. The summed E-state index contributed by atoms with van der Waals surface area (Å²) in [4.78, 5) is 0.169. The fourth-order valence-corrected chi connectivity index (χ4v) is 2.30. The van der Waals surface area contributed by atoms with E-state index in [-0.39, 0.29) is 35.5 Å². The van der Waals surface area contributed by atoms with Crippen LogP contribution in [0.2, 0.25) is 0 Å². The lowest BCUT2D eigenvalue weighted by Crippen LogP contribution is -2.43. The molecule has 1 aromatic carbocycles. The predicted molar refractivity (Wildman–Crippen MR) is 72.5 cm³/mol. The Morgan fingerprint density at radius 3 is 3.11 bits per heavy atom. The summed E-state index contributed by atoms with van der Waals surface area (Å²) in [6.07, 6.45) is -2.37. The van der Waals surface area contributed by atoms with Crippen LogP contribution in [0.5, 0.6) is 5.75 Å². The van der Waals surface area contributed by atoms with Gasteiger partial charge >= 0.3 is 0 Å². The minimum absolute atomic E-state index is 0.0959. The van der Waals surface area contributed by atoms with Crippen LogP contribution >= 0.6 is 0 Å². The highest BCUT2D eigenvalue weighted by molar-refractivity contribution is 5.32. The Labute approximate surface area is 122 Å². The Bertz CT molecular complexity index is 677. The van der Waals surface area contributed by atoms with Gasteiger partial charge in [0.15, 0.2) is 0 Å². The summed E-state index contributed by atoms with van der Waals surface area (Å²) in [5.74, 6) is -2.43. The van der Waals surface area contributed by atoms with Gasteiger partial charge in [-0.15, -0.1) is 0 Å². The molecule has 0 unspecified atom stereocenters. The second-order valence-electron chi connectivity index (χ2n) is 4.48. The minimum atomic E-state index is -3.07. The standard InChI is InChI=1S/C15H23NO2/c1-16(2)11-13-6-3-4-9-15(13,18)12-7-5-8-14(17)10-12/h5,7-8,10,13,17-18H,3-4,6,9,11H2,1-2H3/t13-,15+/m0/s1/i1D3,2D3,9D2,13D. The zero-order valence-electron chi connectivity index (χ0n) is 19.0. The Kier molecular flexibility index (Phi) is 1.74. The fraction of sp³-hybridized carbons (Fsp3) is 0.600. The summed E-state index contributed by atoms with van der Waals surface area (Å²) in [5.41, 5.74) is -2.62. The van der Waals surface area contributed by atoms with Crippen molar-refractivity contribution in [3.63, 3.8) is 0 Å². The first-order chi connectivity index (χ1) is 12.0. The highest BCUT2D eigenvalue weighted by atomic mass is 16.3. The van der Waals surface area contributed by atoms with E-state index in [1.165, 1.54) is 18.2 Å². The van der Waals surface area contributed by atoms with Crippen LogP contribution in [0.4, 0.5) is 0 Å². The zero-order valence-corrected chi connectivity index (χ0v) is 9.98. The molecule has 18 heavy (non-hydrogen) atoms. The van der Waals surface area contributed by atoms with Crippen LogP contribution < -0.4 is 0 Å². The lowest BCUT2D eigenvalue weighted by atomic mass is 9.71. The van der Waals surface area contributed by atoms with E-state index in [1.54, 1.807) is 0 Å². The van der Waals surface area contributed by atoms with Gasteiger partial charge in [-0.1, -0.05) is 25.0 Å². The first-order valence-corrected chi connectivity index (χ1v) is 5.84. The highest BCUT2D eigenvalue weighted by Gasteiger charge is 2.40. The number of hydrogen-bond donors (Lipinski definition) is 2. The molecule has 2 N–H and O–H groups in total. The molecule has 0 heterocycles. The van der Waals surface area contributed by atoms with Crippen molar-refractivity contribution in [1.29, 1.82) is 0 Å². The van der Waals surface area contributed by atoms with Crippen molar-refractivity contribution < 1.29 is 22.5 Å². The van der Waals surface area contributed by atoms with E-state index < -0.39 is 38.4 Å². The van der Waals surface area contributed by atoms with Crippen molar-refractivity contribution in [2.45, 2.75) is 31.2 Å². The molecule has 2 atom stereocenters. The summed E-state index contributed by atoms with van der Waals surface area (Å²) in [6.45, 7) is -7.03. The highest BCUT2D eigenvalue weighted by Crippen LogP contribution is 2.42. The van der Waals surface area contributed by atoms with E-state index in [1.807, 2.05) is 0 Å². The zero-order chi connectivity index (χ0) is 20.9. The minimum Gasteiger partial charge on any atom is -0.508 e. The van der Waals surface area contributed by atoms with Gasteiger partial charge in [-0.2, -0.15) is 0 Å². The summed E-state index contributed by atoms with van der Waals surface area (Å²) in [7, 11) is 0. The molecule has 1 aliphatic carbocycles. The van der Waals surface area contributed by atoms with Gasteiger partial charge in [0, 0.05) is 24.8 Å². The lowest BCUT2D eigenvalue weighted by Gasteiger charge is -2.41. The molecular weight excluding hydrogens is 226 g/mol. The van der Waals surface area contributed by atoms with Crippen LogP contribution in [0.15, 0.2) is 24.3 Å². The van der Waals surface area contributed by atoms with Gasteiger partial charge in [-0.3, -0.25) is 0 Å². The van der Waals surface area contributed by atoms with Crippen LogP contribution in [-0.4, -0.2) is 35.6 Å². The SMILES string of the molecule is [2H]C([2H])([2H])N(C[C@]1([2H])CCCC([2H])([2H])[C@@]1(O)c1cccc(O)c1)C([2H])([2H])[2H]. The molecule has 3 nitrogen and oxygen atoms in total. The summed E-state index contributed by atoms with van der Waals surface area (Å²) >= 11 is 0. The average Bonchev–Trinajstić information content (AvgIpc) is 2.48. The first-order valence-electron chi connectivity index (χ1n) is 10.3. The van der Waals surface area contributed by atoms with Crippen molar-refractivity contribution in [2.24, 2.45) is 5.89 Å². The van der Waals surface area contributed by atoms with Crippen LogP contribution in [0.1, 0.15) is 43.5 Å². The Morgan fingerprint density at radius 2 is 2.39 bits per heavy atom. The largest absolute Gasteiger partial charge is 0.508 e. The van der Waals surface area contributed by atoms with Crippen LogP contribution in [0, 0.1) is 5.89 Å². The Balaban J connectivity index is 2.63. The maximum Gasteiger partial charge on any atom is 0.115 e. The van der Waals surface area contributed by atoms with E-state index in [9.17, 15) is 10.2 Å². The lowest BCUT2D eigenvalue weighted by molar-refractivity contribution is -0.0619. The van der Waals surface area contributed by atoms with Crippen LogP contribution in [0.3, 0.4) is 0 Å². The van der Waals surface area contributed by atoms with Crippen molar-refractivity contribution in [3.8, 4) is 5.75 Å². The molecule has 0 bridgehead atoms. The summed E-state index contributed by atoms with van der Waals surface area (Å²) in [5, 5.41) is 21.2. The van der Waals surface area contributed by atoms with Gasteiger partial charge in [0.05, 0.1) is 5.60 Å². The van der Waals surface area contributed by atoms with E-state index >= 15 is 0 Å². The Morgan fingerprint density at radius 1 is 1.56 bits per heavy atom. The molecule has 0 aliphatic heterocycles. The number of phenolic OH excluding ortho intramolecular Hbond substituents is 1. The van der Waals surface area contributed by atoms with E-state index in [2.05, 4.69) is 0 Å². The smallest absolute Gasteiger partial charge is 0.115 e. The molecule has 0 amide bonds. The number of aliphatic hydroxyl groups is 1. The number of rotatable bonds is 3. The molecule has 0 spiro atoms. The van der Waals surface area contributed by atoms with Crippen molar-refractivity contribution in [3.05, 3.63) is 29.8 Å². The molecule has 1 fully saturated rings. The molecule has 3 heteroatoms. The topological polar surface area (TPSA) is 43.7 Å². The second-order valence-corrected chi connectivity index (χ2v) is 4.48. The van der Waals surface area contributed by atoms with Crippen molar-refractivity contribution in [2.75, 3.05) is 20.5 Å². The summed E-state index contributed by atoms with van der Waals surface area (Å²) in [6, 6.07) is 5.13. The van der Waals surface area contributed by atoms with Gasteiger partial charge in [-0.25, -0.2) is 0 Å². The van der Waals surface area contributed by atoms with Gasteiger partial charge in [0.25, 0.3) is 0 Å². The molecule has 100 valence electrons. The third-order valence-corrected chi connectivity index (χ3v) is 3.16. The molecule has 0 aromatic heterocycles. The third kappa shape index (κ3) is 2.68. The van der Waals surface area contributed by atoms with Gasteiger partial charge in [-0.05, 0) is 44.4 Å². The maximum atomic E-state index is 11.4. The fourth-order valence-electron chi connectivity index (χ4n) is 2.30. The van der Waals surface area contributed by atoms with Crippen LogP contribution in [0.25, 0.3) is 0 Å². The van der Waals surface area contributed by atoms with E-state index in [0.717, 1.165) is 6.07 Å². The van der Waals surface area contributed by atoms with Crippen molar-refractivity contribution >= 4 is 0 Å². The monoisotopic (exact) mass is 258 g/mol. The molecule has 0 radical (unpaired) electrons. The van der Waals surface area contributed by atoms with Crippen LogP contribution in [-0.2, 0) is 5.60 Å². The molecule has 2 rings (SSSR count). The van der Waals surface area contributed by atoms with Gasteiger partial charge < -0.3 is 15.1 Å². The van der Waals surface area contributed by atoms with E-state index in [4.69, 9.17) is 12.3 Å². The molecule has 1 aliphatic rings. The number of nitrogens with zero attached hydrogens (tertiary/aromatic N) is 1. The number of aromatic hydroxyl groups is 1. The first kappa shape index (κ1) is 5.93. The molecule has 1 aromatic rings. The van der Waals surface area contributed by atoms with Gasteiger partial charge in [0.2, 0.25) is 0 Å². The number of hydrogen-bond acceptors (Lipinski definition) is 3. The normalized spacial score (nSPS) is 44.2. The molecular formula is C15H23NO2. The second kappa shape index (κ2) is 5.29. The van der Waals surface area contributed by atoms with Gasteiger partial charge in [0.1, 0.15) is 5.75 Å². The number of benzene rings is 1. The van der Waals surface area contributed by atoms with Crippen molar-refractivity contribution in [1.82, 2.24) is 4.90 Å². The Hall–Kier alpha value is -1.06. The van der Waals surface area contributed by atoms with E-state index in [0.29, 0.717) is 0 Å².